The zero-order valence-electron chi connectivity index (χ0n) is 6.89. The van der Waals surface area contributed by atoms with E-state index in [0.717, 1.165) is 0 Å². The Bertz CT molecular complexity index is 92.8. The van der Waals surface area contributed by atoms with Crippen LogP contribution in [-0.4, -0.2) is 8.80 Å². The van der Waals surface area contributed by atoms with Crippen molar-refractivity contribution in [1.29, 1.82) is 0 Å². The average Bonchev–Trinajstić information content (AvgIpc) is 2.11. The van der Waals surface area contributed by atoms with Crippen LogP contribution in [0, 0.1) is 0 Å². The molecule has 0 atom stereocenters. The first-order valence-corrected chi connectivity index (χ1v) is 6.17. The Morgan fingerprint density at radius 1 is 1.00 bits per heavy atom. The van der Waals surface area contributed by atoms with E-state index in [0.29, 0.717) is 0 Å². The molecule has 0 spiro atoms. The first-order valence-electron chi connectivity index (χ1n) is 3.17. The first-order chi connectivity index (χ1) is 4.23. The smallest absolute Gasteiger partial charge is 0.0379 e. The van der Waals surface area contributed by atoms with E-state index in [9.17, 15) is 0 Å². The number of rotatable bonds is 0. The van der Waals surface area contributed by atoms with Crippen molar-refractivity contribution in [2.24, 2.45) is 0 Å². The molecule has 0 bridgehead atoms. The molecule has 0 fully saturated rings. The molecular formula is C8H14SiTi-. The molecule has 1 rings (SSSR count). The largest absolute Gasteiger partial charge is 0.214 e. The molecule has 0 aromatic heterocycles. The minimum absolute atomic E-state index is 0. The Morgan fingerprint density at radius 3 is 1.40 bits per heavy atom. The standard InChI is InChI=1S/C5H5.C3H9Si.Ti/c1-2-4-5-3-1;1-4(2)3;/h1-5H;1-3H3;/q-1;;. The molecule has 0 nitrogen and oxygen atoms in total. The maximum Gasteiger partial charge on any atom is 0.0379 e. The van der Waals surface area contributed by atoms with Gasteiger partial charge in [0, 0.05) is 30.5 Å². The fourth-order valence-electron chi connectivity index (χ4n) is 0.321. The molecule has 0 saturated carbocycles. The van der Waals surface area contributed by atoms with Crippen LogP contribution in [0.25, 0.3) is 0 Å². The Morgan fingerprint density at radius 2 is 1.30 bits per heavy atom. The third-order valence-corrected chi connectivity index (χ3v) is 0.556. The molecule has 2 heteroatoms. The van der Waals surface area contributed by atoms with Gasteiger partial charge in [0.15, 0.2) is 0 Å². The van der Waals surface area contributed by atoms with Crippen LogP contribution >= 0.6 is 0 Å². The summed E-state index contributed by atoms with van der Waals surface area (Å²) in [6.45, 7) is 6.81. The van der Waals surface area contributed by atoms with Gasteiger partial charge in [-0.05, 0) is 0 Å². The van der Waals surface area contributed by atoms with Crippen molar-refractivity contribution in [3.05, 3.63) is 30.3 Å². The van der Waals surface area contributed by atoms with Gasteiger partial charge >= 0.3 is 0 Å². The Hall–Kier alpha value is 0.281. The topological polar surface area (TPSA) is 0 Å². The molecule has 1 aromatic rings. The van der Waals surface area contributed by atoms with E-state index in [1.165, 1.54) is 0 Å². The number of hydrogen-bond acceptors (Lipinski definition) is 0. The molecule has 55 valence electrons. The zero-order chi connectivity index (χ0) is 7.11. The van der Waals surface area contributed by atoms with Crippen LogP contribution in [0.15, 0.2) is 30.3 Å². The summed E-state index contributed by atoms with van der Waals surface area (Å²) in [7, 11) is 0.120. The molecular weight excluding hydrogens is 172 g/mol. The van der Waals surface area contributed by atoms with Crippen molar-refractivity contribution in [1.82, 2.24) is 0 Å². The molecule has 0 aliphatic carbocycles. The molecule has 10 heavy (non-hydrogen) atoms. The van der Waals surface area contributed by atoms with Gasteiger partial charge in [0.25, 0.3) is 0 Å². The van der Waals surface area contributed by atoms with E-state index in [1.807, 2.05) is 30.3 Å². The molecule has 0 saturated heterocycles. The summed E-state index contributed by atoms with van der Waals surface area (Å²) in [5.74, 6) is 0. The summed E-state index contributed by atoms with van der Waals surface area (Å²) < 4.78 is 0. The Kier molecular flexibility index (Phi) is 12.0. The molecule has 1 aromatic carbocycles. The molecule has 0 N–H and O–H groups in total. The van der Waals surface area contributed by atoms with Crippen LogP contribution in [0.5, 0.6) is 0 Å². The van der Waals surface area contributed by atoms with Gasteiger partial charge in [-0.3, -0.25) is 0 Å². The van der Waals surface area contributed by atoms with E-state index in [2.05, 4.69) is 19.6 Å². The van der Waals surface area contributed by atoms with Crippen molar-refractivity contribution in [2.45, 2.75) is 19.6 Å². The van der Waals surface area contributed by atoms with E-state index in [-0.39, 0.29) is 30.5 Å². The fraction of sp³-hybridized carbons (Fsp3) is 0.375. The normalized spacial score (nSPS) is 7.60. The van der Waals surface area contributed by atoms with E-state index in [1.54, 1.807) is 0 Å². The van der Waals surface area contributed by atoms with Crippen molar-refractivity contribution < 1.29 is 21.7 Å². The number of hydrogen-bond donors (Lipinski definition) is 0. The zero-order valence-corrected chi connectivity index (χ0v) is 9.45. The van der Waals surface area contributed by atoms with Gasteiger partial charge in [0.05, 0.1) is 0 Å². The molecule has 0 unspecified atom stereocenters. The molecule has 0 amide bonds. The Balaban J connectivity index is 0. The maximum absolute atomic E-state index is 2.27. The van der Waals surface area contributed by atoms with Gasteiger partial charge in [0.2, 0.25) is 0 Å². The first kappa shape index (κ1) is 12.9. The van der Waals surface area contributed by atoms with Gasteiger partial charge in [-0.2, -0.15) is 18.2 Å². The van der Waals surface area contributed by atoms with Crippen molar-refractivity contribution >= 4 is 8.80 Å². The third kappa shape index (κ3) is 15.7. The Labute approximate surface area is 80.5 Å². The van der Waals surface area contributed by atoms with Crippen molar-refractivity contribution in [3.63, 3.8) is 0 Å². The van der Waals surface area contributed by atoms with Gasteiger partial charge in [-0.1, -0.05) is 19.6 Å². The summed E-state index contributed by atoms with van der Waals surface area (Å²) in [5, 5.41) is 0. The van der Waals surface area contributed by atoms with Crippen LogP contribution in [0.2, 0.25) is 19.6 Å². The van der Waals surface area contributed by atoms with E-state index < -0.39 is 0 Å². The molecule has 0 aliphatic rings. The molecule has 0 heterocycles. The van der Waals surface area contributed by atoms with Gasteiger partial charge in [0.1, 0.15) is 0 Å². The predicted molar refractivity (Wildman–Crippen MR) is 45.4 cm³/mol. The summed E-state index contributed by atoms with van der Waals surface area (Å²) in [4.78, 5) is 0. The summed E-state index contributed by atoms with van der Waals surface area (Å²) in [6, 6.07) is 10.0. The van der Waals surface area contributed by atoms with Gasteiger partial charge < -0.3 is 0 Å². The van der Waals surface area contributed by atoms with Gasteiger partial charge in [-0.25, -0.2) is 12.1 Å². The van der Waals surface area contributed by atoms with Crippen LogP contribution in [-0.2, 0) is 21.7 Å². The summed E-state index contributed by atoms with van der Waals surface area (Å²) in [5.41, 5.74) is 0. The second-order valence-corrected chi connectivity index (χ2v) is 5.46. The van der Waals surface area contributed by atoms with Crippen LogP contribution < -0.4 is 0 Å². The minimum atomic E-state index is 0. The van der Waals surface area contributed by atoms with Gasteiger partial charge in [-0.15, -0.1) is 0 Å². The van der Waals surface area contributed by atoms with Crippen LogP contribution in [0.4, 0.5) is 0 Å². The average molecular weight is 186 g/mol. The molecule has 1 radical (unpaired) electrons. The molecule has 0 aliphatic heterocycles. The third-order valence-electron chi connectivity index (χ3n) is 0.556. The quantitative estimate of drug-likeness (QED) is 0.431. The van der Waals surface area contributed by atoms with Crippen molar-refractivity contribution in [3.8, 4) is 0 Å². The van der Waals surface area contributed by atoms with Crippen LogP contribution in [0.3, 0.4) is 0 Å². The SMILES string of the molecule is C[Si](C)C.[Ti].c1cc[cH-]c1. The summed E-state index contributed by atoms with van der Waals surface area (Å²) in [6.07, 6.45) is 0. The van der Waals surface area contributed by atoms with E-state index >= 15 is 0 Å². The maximum atomic E-state index is 2.27. The van der Waals surface area contributed by atoms with Crippen LogP contribution in [0.1, 0.15) is 0 Å². The fourth-order valence-corrected chi connectivity index (χ4v) is 0.321. The predicted octanol–water partition coefficient (Wildman–Crippen LogP) is 2.77. The second kappa shape index (κ2) is 9.28. The monoisotopic (exact) mass is 186 g/mol. The minimum Gasteiger partial charge on any atom is -0.214 e. The van der Waals surface area contributed by atoms with Crippen molar-refractivity contribution in [2.75, 3.05) is 0 Å². The van der Waals surface area contributed by atoms with E-state index in [4.69, 9.17) is 0 Å². The second-order valence-electron chi connectivity index (χ2n) is 2.46. The summed E-state index contributed by atoms with van der Waals surface area (Å²) >= 11 is 0.